The van der Waals surface area contributed by atoms with Crippen LogP contribution in [0.1, 0.15) is 16.7 Å². The van der Waals surface area contributed by atoms with Gasteiger partial charge in [-0.15, -0.1) is 0 Å². The second-order valence-electron chi connectivity index (χ2n) is 5.09. The van der Waals surface area contributed by atoms with Gasteiger partial charge < -0.3 is 4.74 Å². The van der Waals surface area contributed by atoms with Crippen LogP contribution in [-0.4, -0.2) is 18.7 Å². The zero-order valence-corrected chi connectivity index (χ0v) is 14.6. The summed E-state index contributed by atoms with van der Waals surface area (Å²) in [5, 5.41) is 4.54. The molecule has 0 aliphatic heterocycles. The fourth-order valence-corrected chi connectivity index (χ4v) is 2.29. The summed E-state index contributed by atoms with van der Waals surface area (Å²) in [6.45, 7) is 3.47. The highest BCUT2D eigenvalue weighted by Crippen LogP contribution is 2.25. The molecule has 1 N–H and O–H groups in total. The lowest BCUT2D eigenvalue weighted by atomic mass is 10.1. The first kappa shape index (κ1) is 18.2. The van der Waals surface area contributed by atoms with Crippen molar-refractivity contribution in [2.75, 3.05) is 6.61 Å². The molecule has 0 unspecified atom stereocenters. The van der Waals surface area contributed by atoms with E-state index < -0.39 is 11.7 Å². The van der Waals surface area contributed by atoms with Gasteiger partial charge in [0.15, 0.2) is 6.61 Å². The molecular weight excluding hydrogens is 354 g/mol. The van der Waals surface area contributed by atoms with Gasteiger partial charge >= 0.3 is 0 Å². The second kappa shape index (κ2) is 8.13. The molecule has 2 rings (SSSR count). The molecule has 0 aliphatic carbocycles. The van der Waals surface area contributed by atoms with Gasteiger partial charge in [0.05, 0.1) is 11.2 Å². The zero-order valence-electron chi connectivity index (χ0n) is 13.1. The van der Waals surface area contributed by atoms with E-state index in [0.29, 0.717) is 10.8 Å². The maximum absolute atomic E-state index is 13.5. The summed E-state index contributed by atoms with van der Waals surface area (Å²) in [5.74, 6) is -0.474. The highest BCUT2D eigenvalue weighted by Gasteiger charge is 2.07. The molecule has 24 heavy (non-hydrogen) atoms. The smallest absolute Gasteiger partial charge is 0.277 e. The molecule has 0 saturated heterocycles. The van der Waals surface area contributed by atoms with E-state index in [9.17, 15) is 9.18 Å². The Balaban J connectivity index is 1.91. The number of benzene rings is 2. The van der Waals surface area contributed by atoms with Crippen LogP contribution >= 0.6 is 23.2 Å². The molecule has 126 valence electrons. The normalized spacial score (nSPS) is 10.9. The number of carbonyl (C=O) groups excluding carboxylic acids is 1. The molecule has 4 nitrogen and oxygen atoms in total. The molecule has 0 spiro atoms. The number of hydrazone groups is 1. The summed E-state index contributed by atoms with van der Waals surface area (Å²) < 4.78 is 18.9. The molecule has 7 heteroatoms. The van der Waals surface area contributed by atoms with Crippen LogP contribution in [0.2, 0.25) is 10.0 Å². The van der Waals surface area contributed by atoms with Gasteiger partial charge in [-0.1, -0.05) is 29.3 Å². The number of ether oxygens (including phenoxy) is 1. The van der Waals surface area contributed by atoms with Crippen LogP contribution in [0.3, 0.4) is 0 Å². The quantitative estimate of drug-likeness (QED) is 0.632. The number of carbonyl (C=O) groups is 1. The first-order valence-electron chi connectivity index (χ1n) is 7.04. The number of halogens is 3. The summed E-state index contributed by atoms with van der Waals surface area (Å²) in [5.41, 5.74) is 4.07. The minimum atomic E-state index is -0.524. The molecule has 0 heterocycles. The Bertz CT molecular complexity index is 751. The van der Waals surface area contributed by atoms with Gasteiger partial charge in [0, 0.05) is 10.6 Å². The zero-order chi connectivity index (χ0) is 17.7. The predicted molar refractivity (Wildman–Crippen MR) is 93.6 cm³/mol. The van der Waals surface area contributed by atoms with Gasteiger partial charge in [-0.3, -0.25) is 4.79 Å². The van der Waals surface area contributed by atoms with Gasteiger partial charge in [0.2, 0.25) is 0 Å². The largest absolute Gasteiger partial charge is 0.484 e. The molecule has 0 atom stereocenters. The lowest BCUT2D eigenvalue weighted by Gasteiger charge is -2.09. The molecule has 0 aliphatic rings. The minimum Gasteiger partial charge on any atom is -0.484 e. The molecular formula is C17H15Cl2FN2O2. The van der Waals surface area contributed by atoms with Crippen LogP contribution in [0.4, 0.5) is 4.39 Å². The van der Waals surface area contributed by atoms with Gasteiger partial charge in [0.25, 0.3) is 5.91 Å². The van der Waals surface area contributed by atoms with Crippen LogP contribution in [0.25, 0.3) is 0 Å². The summed E-state index contributed by atoms with van der Waals surface area (Å²) in [4.78, 5) is 11.7. The molecule has 1 amide bonds. The van der Waals surface area contributed by atoms with E-state index in [1.807, 2.05) is 13.8 Å². The molecule has 0 saturated carbocycles. The van der Waals surface area contributed by atoms with Crippen LogP contribution in [-0.2, 0) is 4.79 Å². The van der Waals surface area contributed by atoms with E-state index in [1.165, 1.54) is 18.2 Å². The van der Waals surface area contributed by atoms with Crippen molar-refractivity contribution >= 4 is 35.3 Å². The Morgan fingerprint density at radius 2 is 1.96 bits per heavy atom. The van der Waals surface area contributed by atoms with Gasteiger partial charge in [-0.25, -0.2) is 9.82 Å². The van der Waals surface area contributed by atoms with Crippen LogP contribution in [0.15, 0.2) is 35.4 Å². The number of aryl methyl sites for hydroxylation is 2. The first-order valence-corrected chi connectivity index (χ1v) is 7.79. The van der Waals surface area contributed by atoms with Crippen molar-refractivity contribution in [3.8, 4) is 5.75 Å². The second-order valence-corrected chi connectivity index (χ2v) is 5.87. The molecule has 0 bridgehead atoms. The summed E-state index contributed by atoms with van der Waals surface area (Å²) in [6.07, 6.45) is 1.14. The third-order valence-electron chi connectivity index (χ3n) is 3.16. The maximum Gasteiger partial charge on any atom is 0.277 e. The maximum atomic E-state index is 13.5. The van der Waals surface area contributed by atoms with Crippen molar-refractivity contribution in [1.82, 2.24) is 5.43 Å². The predicted octanol–water partition coefficient (Wildman–Crippen LogP) is 4.28. The van der Waals surface area contributed by atoms with Crippen molar-refractivity contribution in [2.24, 2.45) is 5.10 Å². The Morgan fingerprint density at radius 1 is 1.29 bits per heavy atom. The van der Waals surface area contributed by atoms with E-state index in [2.05, 4.69) is 10.5 Å². The average Bonchev–Trinajstić information content (AvgIpc) is 2.53. The molecule has 0 aromatic heterocycles. The van der Waals surface area contributed by atoms with Gasteiger partial charge in [-0.2, -0.15) is 5.10 Å². The van der Waals surface area contributed by atoms with Gasteiger partial charge in [-0.05, 0) is 49.2 Å². The average molecular weight is 369 g/mol. The summed E-state index contributed by atoms with van der Waals surface area (Å²) in [6, 6.07) is 7.75. The first-order chi connectivity index (χ1) is 11.4. The molecule has 2 aromatic rings. The van der Waals surface area contributed by atoms with E-state index >= 15 is 0 Å². The topological polar surface area (TPSA) is 50.7 Å². The lowest BCUT2D eigenvalue weighted by Crippen LogP contribution is -2.24. The van der Waals surface area contributed by atoms with E-state index in [1.54, 1.807) is 12.1 Å². The Labute approximate surface area is 149 Å². The van der Waals surface area contributed by atoms with Crippen molar-refractivity contribution in [3.63, 3.8) is 0 Å². The Hall–Kier alpha value is -2.11. The lowest BCUT2D eigenvalue weighted by molar-refractivity contribution is -0.123. The SMILES string of the molecule is Cc1cc(OCC(=O)NN=Cc2c(F)cccc2Cl)cc(C)c1Cl. The van der Waals surface area contributed by atoms with Crippen LogP contribution in [0.5, 0.6) is 5.75 Å². The number of nitrogens with zero attached hydrogens (tertiary/aromatic N) is 1. The minimum absolute atomic E-state index is 0.101. The standard InChI is InChI=1S/C17H15Cl2FN2O2/c1-10-6-12(7-11(2)17(10)19)24-9-16(23)22-21-8-13-14(18)4-3-5-15(13)20/h3-8H,9H2,1-2H3,(H,22,23). The Morgan fingerprint density at radius 3 is 2.58 bits per heavy atom. The highest BCUT2D eigenvalue weighted by molar-refractivity contribution is 6.33. The van der Waals surface area contributed by atoms with Crippen LogP contribution < -0.4 is 10.2 Å². The van der Waals surface area contributed by atoms with E-state index in [4.69, 9.17) is 27.9 Å². The third kappa shape index (κ3) is 4.69. The van der Waals surface area contributed by atoms with E-state index in [0.717, 1.165) is 17.3 Å². The van der Waals surface area contributed by atoms with Crippen molar-refractivity contribution in [2.45, 2.75) is 13.8 Å². The van der Waals surface area contributed by atoms with Crippen molar-refractivity contribution in [3.05, 3.63) is 62.9 Å². The Kier molecular flexibility index (Phi) is 6.17. The number of amides is 1. The van der Waals surface area contributed by atoms with Crippen molar-refractivity contribution < 1.29 is 13.9 Å². The molecule has 0 radical (unpaired) electrons. The molecule has 2 aromatic carbocycles. The van der Waals surface area contributed by atoms with Gasteiger partial charge in [0.1, 0.15) is 11.6 Å². The fraction of sp³-hybridized carbons (Fsp3) is 0.176. The number of hydrogen-bond acceptors (Lipinski definition) is 3. The number of rotatable bonds is 5. The summed E-state index contributed by atoms with van der Waals surface area (Å²) in [7, 11) is 0. The fourth-order valence-electron chi connectivity index (χ4n) is 1.97. The van der Waals surface area contributed by atoms with Crippen LogP contribution in [0, 0.1) is 19.7 Å². The summed E-state index contributed by atoms with van der Waals surface area (Å²) >= 11 is 11.9. The highest BCUT2D eigenvalue weighted by atomic mass is 35.5. The number of nitrogens with one attached hydrogen (secondary N) is 1. The van der Waals surface area contributed by atoms with Crippen molar-refractivity contribution in [1.29, 1.82) is 0 Å². The monoisotopic (exact) mass is 368 g/mol. The molecule has 0 fully saturated rings. The number of hydrogen-bond donors (Lipinski definition) is 1. The van der Waals surface area contributed by atoms with E-state index in [-0.39, 0.29) is 17.2 Å². The third-order valence-corrected chi connectivity index (χ3v) is 4.09.